The number of non-ortho nitro benzene ring substituents is 1. The first-order valence-corrected chi connectivity index (χ1v) is 16.1. The quantitative estimate of drug-likeness (QED) is 0.192. The summed E-state index contributed by atoms with van der Waals surface area (Å²) in [5, 5.41) is 15.1. The molecule has 1 N–H and O–H groups in total. The molecule has 2 amide bonds. The summed E-state index contributed by atoms with van der Waals surface area (Å²) in [5.74, 6) is -1.13. The normalized spacial score (nSPS) is 12.7. The van der Waals surface area contributed by atoms with Crippen LogP contribution in [0.15, 0.2) is 66.7 Å². The van der Waals surface area contributed by atoms with Gasteiger partial charge in [-0.15, -0.1) is 0 Å². The third-order valence-corrected chi connectivity index (χ3v) is 8.69. The smallest absolute Gasteiger partial charge is 0.271 e. The molecule has 3 rings (SSSR count). The van der Waals surface area contributed by atoms with Crippen LogP contribution in [0.2, 0.25) is 10.0 Å². The first kappa shape index (κ1) is 33.8. The molecule has 0 fully saturated rings. The zero-order valence-corrected chi connectivity index (χ0v) is 26.6. The van der Waals surface area contributed by atoms with Crippen molar-refractivity contribution in [1.29, 1.82) is 0 Å². The molecule has 0 spiro atoms. The van der Waals surface area contributed by atoms with Gasteiger partial charge in [0.1, 0.15) is 12.6 Å². The van der Waals surface area contributed by atoms with Crippen LogP contribution in [0.4, 0.5) is 11.4 Å². The number of carbonyl (C=O) groups is 2. The van der Waals surface area contributed by atoms with E-state index in [1.807, 2.05) is 44.2 Å². The molecule has 2 atom stereocenters. The number of nitro groups is 1. The van der Waals surface area contributed by atoms with E-state index >= 15 is 0 Å². The Morgan fingerprint density at radius 2 is 1.72 bits per heavy atom. The molecule has 3 aromatic rings. The number of nitrogens with zero attached hydrogens (tertiary/aromatic N) is 3. The Balaban J connectivity index is 2.14. The van der Waals surface area contributed by atoms with E-state index in [9.17, 15) is 28.1 Å². The third-order valence-electron chi connectivity index (χ3n) is 6.98. The molecule has 0 aromatic heterocycles. The van der Waals surface area contributed by atoms with Gasteiger partial charge in [0.15, 0.2) is 0 Å². The number of nitrogens with one attached hydrogen (secondary N) is 1. The summed E-state index contributed by atoms with van der Waals surface area (Å²) in [4.78, 5) is 40.1. The fraction of sp³-hybridized carbons (Fsp3) is 0.333. The summed E-state index contributed by atoms with van der Waals surface area (Å²) in [5.41, 5.74) is 1.33. The van der Waals surface area contributed by atoms with Crippen LogP contribution in [-0.2, 0) is 32.6 Å². The molecular weight excluding hydrogens is 615 g/mol. The minimum atomic E-state index is -4.11. The zero-order valence-electron chi connectivity index (χ0n) is 24.3. The van der Waals surface area contributed by atoms with E-state index in [0.29, 0.717) is 22.6 Å². The lowest BCUT2D eigenvalue weighted by Gasteiger charge is -2.34. The maximum atomic E-state index is 14.2. The third kappa shape index (κ3) is 9.16. The molecule has 0 saturated heterocycles. The molecule has 13 heteroatoms. The minimum absolute atomic E-state index is 0.0156. The largest absolute Gasteiger partial charge is 0.352 e. The monoisotopic (exact) mass is 648 g/mol. The van der Waals surface area contributed by atoms with Gasteiger partial charge >= 0.3 is 0 Å². The van der Waals surface area contributed by atoms with Crippen LogP contribution >= 0.6 is 23.2 Å². The summed E-state index contributed by atoms with van der Waals surface area (Å²) in [6, 6.07) is 16.4. The van der Waals surface area contributed by atoms with Crippen LogP contribution in [0, 0.1) is 17.0 Å². The van der Waals surface area contributed by atoms with Gasteiger partial charge in [-0.2, -0.15) is 0 Å². The topological polar surface area (TPSA) is 130 Å². The highest BCUT2D eigenvalue weighted by atomic mass is 35.5. The summed E-state index contributed by atoms with van der Waals surface area (Å²) >= 11 is 12.6. The van der Waals surface area contributed by atoms with Gasteiger partial charge in [-0.25, -0.2) is 8.42 Å². The van der Waals surface area contributed by atoms with Crippen molar-refractivity contribution in [1.82, 2.24) is 10.2 Å². The zero-order chi connectivity index (χ0) is 31.9. The van der Waals surface area contributed by atoms with Crippen molar-refractivity contribution in [3.8, 4) is 0 Å². The Hall–Kier alpha value is -3.67. The number of nitro benzene ring substituents is 1. The highest BCUT2D eigenvalue weighted by molar-refractivity contribution is 7.92. The van der Waals surface area contributed by atoms with Crippen molar-refractivity contribution in [2.75, 3.05) is 17.1 Å². The van der Waals surface area contributed by atoms with Gasteiger partial charge in [0, 0.05) is 41.2 Å². The molecular formula is C30H34Cl2N4O6S. The standard InChI is InChI=1S/C30H34Cl2N4O6S/c1-5-21(3)33-30(38)28(15-22-9-7-6-8-10-22)34(18-23-12-13-24(31)16-26(23)32)29(37)19-35(43(4,41)42)27-17-25(36(39)40)14-11-20(27)2/h6-14,16-17,21,28H,5,15,18-19H2,1-4H3,(H,33,38)/t21-,28+/m0/s1. The number of hydrogen-bond acceptors (Lipinski definition) is 6. The molecule has 0 aliphatic carbocycles. The van der Waals surface area contributed by atoms with E-state index in [0.717, 1.165) is 22.2 Å². The second-order valence-electron chi connectivity index (χ2n) is 10.3. The minimum Gasteiger partial charge on any atom is -0.352 e. The van der Waals surface area contributed by atoms with Gasteiger partial charge in [0.25, 0.3) is 5.69 Å². The van der Waals surface area contributed by atoms with Crippen molar-refractivity contribution in [3.05, 3.63) is 104 Å². The van der Waals surface area contributed by atoms with Crippen LogP contribution in [0.3, 0.4) is 0 Å². The number of aryl methyl sites for hydroxylation is 1. The predicted octanol–water partition coefficient (Wildman–Crippen LogP) is 5.53. The summed E-state index contributed by atoms with van der Waals surface area (Å²) in [7, 11) is -4.11. The van der Waals surface area contributed by atoms with Crippen LogP contribution < -0.4 is 9.62 Å². The van der Waals surface area contributed by atoms with Crippen molar-refractivity contribution in [2.45, 2.75) is 52.2 Å². The first-order chi connectivity index (χ1) is 20.2. The Labute approximate surface area is 261 Å². The number of hydrogen-bond donors (Lipinski definition) is 1. The molecule has 0 saturated carbocycles. The maximum Gasteiger partial charge on any atom is 0.271 e. The Kier molecular flexibility index (Phi) is 11.5. The van der Waals surface area contributed by atoms with Crippen LogP contribution in [0.25, 0.3) is 0 Å². The van der Waals surface area contributed by atoms with E-state index in [4.69, 9.17) is 23.2 Å². The molecule has 3 aromatic carbocycles. The Bertz CT molecular complexity index is 1590. The van der Waals surface area contributed by atoms with E-state index < -0.39 is 39.3 Å². The number of halogens is 2. The number of benzene rings is 3. The number of anilines is 1. The molecule has 0 heterocycles. The maximum absolute atomic E-state index is 14.2. The molecule has 230 valence electrons. The molecule has 0 aliphatic rings. The van der Waals surface area contributed by atoms with Gasteiger partial charge in [0.2, 0.25) is 21.8 Å². The van der Waals surface area contributed by atoms with Gasteiger partial charge in [-0.3, -0.25) is 24.0 Å². The number of carbonyl (C=O) groups excluding carboxylic acids is 2. The lowest BCUT2D eigenvalue weighted by molar-refractivity contribution is -0.384. The highest BCUT2D eigenvalue weighted by Gasteiger charge is 2.34. The van der Waals surface area contributed by atoms with Crippen molar-refractivity contribution in [3.63, 3.8) is 0 Å². The Morgan fingerprint density at radius 1 is 1.05 bits per heavy atom. The fourth-order valence-corrected chi connectivity index (χ4v) is 5.77. The summed E-state index contributed by atoms with van der Waals surface area (Å²) in [6.07, 6.45) is 1.69. The van der Waals surface area contributed by atoms with Gasteiger partial charge in [-0.1, -0.05) is 72.6 Å². The van der Waals surface area contributed by atoms with E-state index in [1.165, 1.54) is 23.1 Å². The van der Waals surface area contributed by atoms with Gasteiger partial charge < -0.3 is 10.2 Å². The summed E-state index contributed by atoms with van der Waals surface area (Å²) < 4.78 is 26.9. The van der Waals surface area contributed by atoms with Crippen LogP contribution in [-0.4, -0.2) is 54.9 Å². The van der Waals surface area contributed by atoms with E-state index in [1.54, 1.807) is 19.1 Å². The Morgan fingerprint density at radius 3 is 2.30 bits per heavy atom. The van der Waals surface area contributed by atoms with Crippen molar-refractivity contribution in [2.24, 2.45) is 0 Å². The molecule has 0 unspecified atom stereocenters. The van der Waals surface area contributed by atoms with Crippen LogP contribution in [0.5, 0.6) is 0 Å². The average Bonchev–Trinajstić information content (AvgIpc) is 2.94. The fourth-order valence-electron chi connectivity index (χ4n) is 4.40. The average molecular weight is 650 g/mol. The van der Waals surface area contributed by atoms with Crippen LogP contribution in [0.1, 0.15) is 37.0 Å². The highest BCUT2D eigenvalue weighted by Crippen LogP contribution is 2.29. The van der Waals surface area contributed by atoms with Gasteiger partial charge in [-0.05, 0) is 49.1 Å². The number of amides is 2. The SMILES string of the molecule is CC[C@H](C)NC(=O)[C@@H](Cc1ccccc1)N(Cc1ccc(Cl)cc1Cl)C(=O)CN(c1cc([N+](=O)[O-])ccc1C)S(C)(=O)=O. The molecule has 0 radical (unpaired) electrons. The number of sulfonamides is 1. The second-order valence-corrected chi connectivity index (χ2v) is 13.0. The molecule has 0 bridgehead atoms. The summed E-state index contributed by atoms with van der Waals surface area (Å²) in [6.45, 7) is 4.50. The molecule has 43 heavy (non-hydrogen) atoms. The number of rotatable bonds is 13. The van der Waals surface area contributed by atoms with E-state index in [-0.39, 0.29) is 35.4 Å². The molecule has 10 nitrogen and oxygen atoms in total. The lowest BCUT2D eigenvalue weighted by Crippen LogP contribution is -2.54. The molecule has 0 aliphatic heterocycles. The van der Waals surface area contributed by atoms with Crippen molar-refractivity contribution < 1.29 is 22.9 Å². The first-order valence-electron chi connectivity index (χ1n) is 13.5. The lowest BCUT2D eigenvalue weighted by atomic mass is 10.0. The van der Waals surface area contributed by atoms with Crippen molar-refractivity contribution >= 4 is 56.4 Å². The van der Waals surface area contributed by atoms with Gasteiger partial charge in [0.05, 0.1) is 16.9 Å². The second kappa shape index (κ2) is 14.7. The van der Waals surface area contributed by atoms with E-state index in [2.05, 4.69) is 5.32 Å². The predicted molar refractivity (Wildman–Crippen MR) is 169 cm³/mol.